The molecule has 0 aliphatic carbocycles. The van der Waals surface area contributed by atoms with Gasteiger partial charge in [-0.2, -0.15) is 0 Å². The summed E-state index contributed by atoms with van der Waals surface area (Å²) < 4.78 is 5.49. The Balaban J connectivity index is 2.19. The van der Waals surface area contributed by atoms with Crippen molar-refractivity contribution in [3.63, 3.8) is 0 Å². The molecule has 5 nitrogen and oxygen atoms in total. The van der Waals surface area contributed by atoms with Crippen molar-refractivity contribution in [2.24, 2.45) is 0 Å². The van der Waals surface area contributed by atoms with Crippen molar-refractivity contribution in [2.45, 2.75) is 72.0 Å². The van der Waals surface area contributed by atoms with Crippen LogP contribution in [-0.4, -0.2) is 47.9 Å². The molecule has 5 heteroatoms. The number of nitrogens with zero attached hydrogens (tertiary/aromatic N) is 2. The molecule has 1 heterocycles. The minimum Gasteiger partial charge on any atom is -0.444 e. The van der Waals surface area contributed by atoms with E-state index in [9.17, 15) is 9.90 Å². The molecule has 1 aromatic carbocycles. The standard InChI is InChI=1S/C22H36N2O3/c1-20(2,3)17-15-16(22(7,8)26)9-10-18(17)23-11-13-24(14-12-23)19(25)27-21(4,5)6/h9-10,15,26H,11-14H2,1-8H3. The first kappa shape index (κ1) is 21.5. The van der Waals surface area contributed by atoms with E-state index in [2.05, 4.69) is 37.8 Å². The number of amides is 1. The fourth-order valence-electron chi connectivity index (χ4n) is 3.25. The van der Waals surface area contributed by atoms with Crippen molar-refractivity contribution in [1.82, 2.24) is 4.90 Å². The lowest BCUT2D eigenvalue weighted by molar-refractivity contribution is 0.0240. The maximum atomic E-state index is 12.3. The zero-order valence-electron chi connectivity index (χ0n) is 18.2. The molecule has 0 bridgehead atoms. The molecule has 0 radical (unpaired) electrons. The van der Waals surface area contributed by atoms with Crippen LogP contribution >= 0.6 is 0 Å². The van der Waals surface area contributed by atoms with E-state index in [1.807, 2.05) is 40.7 Å². The van der Waals surface area contributed by atoms with E-state index >= 15 is 0 Å². The van der Waals surface area contributed by atoms with E-state index in [0.717, 1.165) is 18.7 Å². The Morgan fingerprint density at radius 2 is 1.52 bits per heavy atom. The van der Waals surface area contributed by atoms with Crippen LogP contribution in [0.4, 0.5) is 10.5 Å². The summed E-state index contributed by atoms with van der Waals surface area (Å²) in [6.07, 6.45) is -0.240. The minimum absolute atomic E-state index is 0.0428. The van der Waals surface area contributed by atoms with Gasteiger partial charge in [0.25, 0.3) is 0 Å². The second kappa shape index (κ2) is 7.34. The number of rotatable bonds is 2. The topological polar surface area (TPSA) is 53.0 Å². The Kier molecular flexibility index (Phi) is 5.86. The minimum atomic E-state index is -0.867. The number of carbonyl (C=O) groups excluding carboxylic acids is 1. The van der Waals surface area contributed by atoms with Crippen LogP contribution in [0, 0.1) is 0 Å². The summed E-state index contributed by atoms with van der Waals surface area (Å²) in [5.41, 5.74) is 1.93. The van der Waals surface area contributed by atoms with E-state index < -0.39 is 11.2 Å². The molecule has 1 aliphatic rings. The van der Waals surface area contributed by atoms with Crippen LogP contribution in [0.2, 0.25) is 0 Å². The number of anilines is 1. The smallest absolute Gasteiger partial charge is 0.410 e. The summed E-state index contributed by atoms with van der Waals surface area (Å²) in [6.45, 7) is 18.7. The zero-order valence-corrected chi connectivity index (χ0v) is 18.2. The van der Waals surface area contributed by atoms with Crippen molar-refractivity contribution in [3.05, 3.63) is 29.3 Å². The first-order valence-electron chi connectivity index (χ1n) is 9.79. The highest BCUT2D eigenvalue weighted by Crippen LogP contribution is 2.36. The van der Waals surface area contributed by atoms with E-state index in [0.29, 0.717) is 13.1 Å². The van der Waals surface area contributed by atoms with Gasteiger partial charge in [-0.05, 0) is 57.2 Å². The first-order valence-corrected chi connectivity index (χ1v) is 9.79. The predicted molar refractivity (Wildman–Crippen MR) is 110 cm³/mol. The summed E-state index contributed by atoms with van der Waals surface area (Å²) in [6, 6.07) is 6.23. The molecular weight excluding hydrogens is 340 g/mol. The van der Waals surface area contributed by atoms with Gasteiger partial charge in [-0.3, -0.25) is 0 Å². The van der Waals surface area contributed by atoms with Crippen LogP contribution in [-0.2, 0) is 15.8 Å². The molecule has 1 N–H and O–H groups in total. The molecule has 1 aliphatic heterocycles. The van der Waals surface area contributed by atoms with Crippen molar-refractivity contribution in [3.8, 4) is 0 Å². The van der Waals surface area contributed by atoms with E-state index in [-0.39, 0.29) is 11.5 Å². The Labute approximate surface area is 164 Å². The van der Waals surface area contributed by atoms with E-state index in [4.69, 9.17) is 4.74 Å². The van der Waals surface area contributed by atoms with Gasteiger partial charge in [-0.15, -0.1) is 0 Å². The fourth-order valence-corrected chi connectivity index (χ4v) is 3.25. The van der Waals surface area contributed by atoms with Crippen LogP contribution in [0.15, 0.2) is 18.2 Å². The molecule has 0 atom stereocenters. The number of benzene rings is 1. The van der Waals surface area contributed by atoms with E-state index in [1.165, 1.54) is 11.3 Å². The lowest BCUT2D eigenvalue weighted by Gasteiger charge is -2.39. The fraction of sp³-hybridized carbons (Fsp3) is 0.682. The molecule has 1 saturated heterocycles. The van der Waals surface area contributed by atoms with Crippen LogP contribution < -0.4 is 4.90 Å². The van der Waals surface area contributed by atoms with Gasteiger partial charge in [0.15, 0.2) is 0 Å². The largest absolute Gasteiger partial charge is 0.444 e. The van der Waals surface area contributed by atoms with Crippen molar-refractivity contribution >= 4 is 11.8 Å². The number of aliphatic hydroxyl groups is 1. The maximum Gasteiger partial charge on any atom is 0.410 e. The highest BCUT2D eigenvalue weighted by atomic mass is 16.6. The van der Waals surface area contributed by atoms with Crippen LogP contribution in [0.25, 0.3) is 0 Å². The first-order chi connectivity index (χ1) is 12.2. The average Bonchev–Trinajstić information content (AvgIpc) is 2.51. The van der Waals surface area contributed by atoms with Gasteiger partial charge in [0.05, 0.1) is 5.60 Å². The molecule has 0 unspecified atom stereocenters. The van der Waals surface area contributed by atoms with Crippen LogP contribution in [0.1, 0.15) is 66.5 Å². The van der Waals surface area contributed by atoms with Gasteiger partial charge >= 0.3 is 6.09 Å². The highest BCUT2D eigenvalue weighted by Gasteiger charge is 2.29. The molecule has 1 amide bonds. The summed E-state index contributed by atoms with van der Waals surface area (Å²) in [7, 11) is 0. The molecule has 0 aromatic heterocycles. The average molecular weight is 377 g/mol. The summed E-state index contributed by atoms with van der Waals surface area (Å²) in [5, 5.41) is 10.4. The molecule has 27 heavy (non-hydrogen) atoms. The van der Waals surface area contributed by atoms with Gasteiger partial charge in [-0.1, -0.05) is 32.9 Å². The highest BCUT2D eigenvalue weighted by molar-refractivity contribution is 5.69. The Morgan fingerprint density at radius 3 is 1.96 bits per heavy atom. The van der Waals surface area contributed by atoms with Crippen molar-refractivity contribution in [2.75, 3.05) is 31.1 Å². The lowest BCUT2D eigenvalue weighted by Crippen LogP contribution is -2.50. The van der Waals surface area contributed by atoms with Crippen LogP contribution in [0.3, 0.4) is 0 Å². The van der Waals surface area contributed by atoms with Gasteiger partial charge in [-0.25, -0.2) is 4.79 Å². The number of ether oxygens (including phenoxy) is 1. The Morgan fingerprint density at radius 1 is 0.963 bits per heavy atom. The SMILES string of the molecule is CC(C)(C)OC(=O)N1CCN(c2ccc(C(C)(C)O)cc2C(C)(C)C)CC1. The second-order valence-corrected chi connectivity index (χ2v) is 10.00. The molecule has 0 spiro atoms. The van der Waals surface area contributed by atoms with Crippen molar-refractivity contribution < 1.29 is 14.6 Å². The predicted octanol–water partition coefficient (Wildman–Crippen LogP) is 4.27. The summed E-state index contributed by atoms with van der Waals surface area (Å²) >= 11 is 0. The monoisotopic (exact) mass is 376 g/mol. The third kappa shape index (κ3) is 5.61. The number of piperazine rings is 1. The number of hydrogen-bond acceptors (Lipinski definition) is 4. The van der Waals surface area contributed by atoms with Gasteiger partial charge in [0.1, 0.15) is 5.60 Å². The number of carbonyl (C=O) groups is 1. The van der Waals surface area contributed by atoms with Crippen LogP contribution in [0.5, 0.6) is 0 Å². The lowest BCUT2D eigenvalue weighted by atomic mass is 9.82. The molecule has 0 saturated carbocycles. The normalized spacial score (nSPS) is 16.5. The molecule has 2 rings (SSSR count). The molecule has 1 aromatic rings. The van der Waals surface area contributed by atoms with Gasteiger partial charge in [0, 0.05) is 31.9 Å². The van der Waals surface area contributed by atoms with Gasteiger partial charge < -0.3 is 19.6 Å². The second-order valence-electron chi connectivity index (χ2n) is 10.00. The third-order valence-corrected chi connectivity index (χ3v) is 4.78. The third-order valence-electron chi connectivity index (χ3n) is 4.78. The maximum absolute atomic E-state index is 12.3. The molecule has 1 fully saturated rings. The molecule has 152 valence electrons. The molecular formula is C22H36N2O3. The quantitative estimate of drug-likeness (QED) is 0.837. The van der Waals surface area contributed by atoms with E-state index in [1.54, 1.807) is 4.90 Å². The van der Waals surface area contributed by atoms with Crippen molar-refractivity contribution in [1.29, 1.82) is 0 Å². The van der Waals surface area contributed by atoms with Gasteiger partial charge in [0.2, 0.25) is 0 Å². The summed E-state index contributed by atoms with van der Waals surface area (Å²) in [4.78, 5) is 16.4. The zero-order chi connectivity index (χ0) is 20.6. The number of hydrogen-bond donors (Lipinski definition) is 1. The Hall–Kier alpha value is -1.75. The Bertz CT molecular complexity index is 670. The summed E-state index contributed by atoms with van der Waals surface area (Å²) in [5.74, 6) is 0.